The summed E-state index contributed by atoms with van der Waals surface area (Å²) in [6.07, 6.45) is 3.39. The fourth-order valence-corrected chi connectivity index (χ4v) is 3.53. The molecule has 2 aromatic carbocycles. The van der Waals surface area contributed by atoms with Gasteiger partial charge in [0.25, 0.3) is 0 Å². The minimum atomic E-state index is -0.120. The summed E-state index contributed by atoms with van der Waals surface area (Å²) in [5.41, 5.74) is 5.44. The second-order valence-electron chi connectivity index (χ2n) is 7.56. The van der Waals surface area contributed by atoms with Crippen LogP contribution >= 0.6 is 0 Å². The zero-order chi connectivity index (χ0) is 21.8. The Morgan fingerprint density at radius 3 is 2.53 bits per heavy atom. The minimum absolute atomic E-state index is 0.0766. The van der Waals surface area contributed by atoms with E-state index in [1.54, 1.807) is 19.4 Å². The number of hydrogen-bond donors (Lipinski definition) is 1. The molecule has 0 unspecified atom stereocenters. The molecule has 0 fully saturated rings. The number of ether oxygens (including phenoxy) is 2. The Morgan fingerprint density at radius 2 is 1.93 bits per heavy atom. The van der Waals surface area contributed by atoms with E-state index in [-0.39, 0.29) is 11.9 Å². The van der Waals surface area contributed by atoms with E-state index in [1.165, 1.54) is 0 Å². The number of allylic oxidation sites excluding steroid dienone is 1. The number of nitrogens with one attached hydrogen (secondary N) is 1. The van der Waals surface area contributed by atoms with Crippen molar-refractivity contribution >= 4 is 22.4 Å². The molecule has 0 bridgehead atoms. The van der Waals surface area contributed by atoms with Crippen molar-refractivity contribution in [1.29, 1.82) is 0 Å². The number of carbonyl (C=O) groups excluding carboxylic acids is 1. The maximum atomic E-state index is 12.3. The third kappa shape index (κ3) is 4.35. The maximum absolute atomic E-state index is 12.3. The van der Waals surface area contributed by atoms with Gasteiger partial charge < -0.3 is 19.2 Å². The lowest BCUT2D eigenvalue weighted by molar-refractivity contribution is -0.116. The van der Waals surface area contributed by atoms with Gasteiger partial charge in [-0.25, -0.2) is 0 Å². The van der Waals surface area contributed by atoms with E-state index in [0.717, 1.165) is 50.3 Å². The average molecular weight is 408 g/mol. The maximum Gasteiger partial charge on any atom is 0.244 e. The second kappa shape index (κ2) is 9.08. The van der Waals surface area contributed by atoms with E-state index in [0.29, 0.717) is 6.61 Å². The number of rotatable bonds is 7. The Labute approximate surface area is 177 Å². The molecule has 1 N–H and O–H groups in total. The Morgan fingerprint density at radius 1 is 1.23 bits per heavy atom. The first-order valence-corrected chi connectivity index (χ1v) is 10.2. The Kier molecular flexibility index (Phi) is 6.50. The van der Waals surface area contributed by atoms with Gasteiger partial charge in [-0.3, -0.25) is 4.79 Å². The van der Waals surface area contributed by atoms with Gasteiger partial charge in [-0.15, -0.1) is 0 Å². The SMILES string of the molecule is CCOc1c(/C(C)=C/C(=O)NC(C)C)cc2c(-c3ccc(OC)cc3)coc2c1C. The number of benzene rings is 2. The fraction of sp³-hybridized carbons (Fsp3) is 0.320. The molecule has 5 nitrogen and oxygen atoms in total. The summed E-state index contributed by atoms with van der Waals surface area (Å²) >= 11 is 0. The topological polar surface area (TPSA) is 60.7 Å². The van der Waals surface area contributed by atoms with Crippen LogP contribution in [0.1, 0.15) is 38.8 Å². The largest absolute Gasteiger partial charge is 0.497 e. The zero-order valence-electron chi connectivity index (χ0n) is 18.5. The summed E-state index contributed by atoms with van der Waals surface area (Å²) < 4.78 is 17.2. The highest BCUT2D eigenvalue weighted by Crippen LogP contribution is 2.41. The molecule has 0 spiro atoms. The average Bonchev–Trinajstić information content (AvgIpc) is 3.13. The van der Waals surface area contributed by atoms with Crippen LogP contribution < -0.4 is 14.8 Å². The quantitative estimate of drug-likeness (QED) is 0.507. The van der Waals surface area contributed by atoms with Crippen molar-refractivity contribution in [2.75, 3.05) is 13.7 Å². The van der Waals surface area contributed by atoms with Gasteiger partial charge in [0.05, 0.1) is 20.0 Å². The van der Waals surface area contributed by atoms with Gasteiger partial charge in [-0.05, 0) is 64.0 Å². The Balaban J connectivity index is 2.16. The predicted octanol–water partition coefficient (Wildman–Crippen LogP) is 5.74. The lowest BCUT2D eigenvalue weighted by atomic mass is 9.96. The van der Waals surface area contributed by atoms with Crippen LogP contribution in [0.5, 0.6) is 11.5 Å². The minimum Gasteiger partial charge on any atom is -0.497 e. The normalized spacial score (nSPS) is 11.8. The van der Waals surface area contributed by atoms with E-state index in [1.807, 2.05) is 65.0 Å². The highest BCUT2D eigenvalue weighted by atomic mass is 16.5. The standard InChI is InChI=1S/C25H29NO4/c1-7-29-24-17(5)25-21(13-20(24)16(4)12-23(27)26-15(2)3)22(14-30-25)18-8-10-19(28-6)11-9-18/h8-15H,7H2,1-6H3,(H,26,27)/b16-12+. The summed E-state index contributed by atoms with van der Waals surface area (Å²) in [5.74, 6) is 1.42. The molecular formula is C25H29NO4. The first kappa shape index (κ1) is 21.5. The zero-order valence-corrected chi connectivity index (χ0v) is 18.5. The van der Waals surface area contributed by atoms with Crippen LogP contribution in [0.25, 0.3) is 27.7 Å². The molecular weight excluding hydrogens is 378 g/mol. The summed E-state index contributed by atoms with van der Waals surface area (Å²) in [7, 11) is 1.65. The molecule has 158 valence electrons. The number of furan rings is 1. The number of carbonyl (C=O) groups is 1. The molecule has 1 heterocycles. The van der Waals surface area contributed by atoms with Crippen LogP contribution in [0.3, 0.4) is 0 Å². The van der Waals surface area contributed by atoms with E-state index in [4.69, 9.17) is 13.9 Å². The van der Waals surface area contributed by atoms with Crippen molar-refractivity contribution in [2.24, 2.45) is 0 Å². The van der Waals surface area contributed by atoms with Crippen molar-refractivity contribution in [3.8, 4) is 22.6 Å². The number of aryl methyl sites for hydroxylation is 1. The van der Waals surface area contributed by atoms with Gasteiger partial charge in [0.1, 0.15) is 17.1 Å². The third-order valence-electron chi connectivity index (χ3n) is 4.94. The van der Waals surface area contributed by atoms with Crippen LogP contribution in [0.2, 0.25) is 0 Å². The number of methoxy groups -OCH3 is 1. The molecule has 0 saturated carbocycles. The third-order valence-corrected chi connectivity index (χ3v) is 4.94. The molecule has 0 aliphatic carbocycles. The predicted molar refractivity (Wildman–Crippen MR) is 121 cm³/mol. The molecule has 1 amide bonds. The monoisotopic (exact) mass is 407 g/mol. The van der Waals surface area contributed by atoms with Crippen LogP contribution in [-0.4, -0.2) is 25.7 Å². The van der Waals surface area contributed by atoms with Crippen LogP contribution in [0.15, 0.2) is 47.1 Å². The first-order chi connectivity index (χ1) is 14.3. The number of fused-ring (bicyclic) bond motifs is 1. The van der Waals surface area contributed by atoms with Crippen LogP contribution in [-0.2, 0) is 4.79 Å². The lowest BCUT2D eigenvalue weighted by Crippen LogP contribution is -2.28. The van der Waals surface area contributed by atoms with Crippen LogP contribution in [0.4, 0.5) is 0 Å². The van der Waals surface area contributed by atoms with E-state index >= 15 is 0 Å². The second-order valence-corrected chi connectivity index (χ2v) is 7.56. The fourth-order valence-electron chi connectivity index (χ4n) is 3.53. The molecule has 5 heteroatoms. The molecule has 3 rings (SSSR count). The summed E-state index contributed by atoms with van der Waals surface area (Å²) in [6, 6.07) is 9.99. The summed E-state index contributed by atoms with van der Waals surface area (Å²) in [4.78, 5) is 12.3. The van der Waals surface area contributed by atoms with Crippen molar-refractivity contribution in [2.45, 2.75) is 40.7 Å². The lowest BCUT2D eigenvalue weighted by Gasteiger charge is -2.15. The van der Waals surface area contributed by atoms with Gasteiger partial charge in [-0.1, -0.05) is 12.1 Å². The molecule has 0 atom stereocenters. The highest BCUT2D eigenvalue weighted by Gasteiger charge is 2.19. The Hall–Kier alpha value is -3.21. The van der Waals surface area contributed by atoms with Crippen LogP contribution in [0, 0.1) is 6.92 Å². The van der Waals surface area contributed by atoms with Crippen molar-refractivity contribution in [1.82, 2.24) is 5.32 Å². The van der Waals surface area contributed by atoms with Gasteiger partial charge in [0, 0.05) is 34.2 Å². The van der Waals surface area contributed by atoms with Gasteiger partial charge in [-0.2, -0.15) is 0 Å². The molecule has 0 aliphatic heterocycles. The molecule has 0 radical (unpaired) electrons. The van der Waals surface area contributed by atoms with E-state index in [2.05, 4.69) is 5.32 Å². The van der Waals surface area contributed by atoms with Crippen molar-refractivity contribution < 1.29 is 18.7 Å². The summed E-state index contributed by atoms with van der Waals surface area (Å²) in [6.45, 7) is 10.3. The highest BCUT2D eigenvalue weighted by molar-refractivity contribution is 6.01. The van der Waals surface area contributed by atoms with E-state index in [9.17, 15) is 4.79 Å². The smallest absolute Gasteiger partial charge is 0.244 e. The number of amides is 1. The molecule has 3 aromatic rings. The molecule has 30 heavy (non-hydrogen) atoms. The molecule has 1 aromatic heterocycles. The summed E-state index contributed by atoms with van der Waals surface area (Å²) in [5, 5.41) is 3.88. The number of hydrogen-bond acceptors (Lipinski definition) is 4. The molecule has 0 saturated heterocycles. The first-order valence-electron chi connectivity index (χ1n) is 10.2. The van der Waals surface area contributed by atoms with E-state index < -0.39 is 0 Å². The van der Waals surface area contributed by atoms with Gasteiger partial charge >= 0.3 is 0 Å². The van der Waals surface area contributed by atoms with Gasteiger partial charge in [0.15, 0.2) is 0 Å². The van der Waals surface area contributed by atoms with Crippen molar-refractivity contribution in [3.63, 3.8) is 0 Å². The van der Waals surface area contributed by atoms with Gasteiger partial charge in [0.2, 0.25) is 5.91 Å². The molecule has 0 aliphatic rings. The van der Waals surface area contributed by atoms with Crippen molar-refractivity contribution in [3.05, 3.63) is 53.8 Å². The Bertz CT molecular complexity index is 1070.